The molecule has 0 aliphatic rings. The van der Waals surface area contributed by atoms with Crippen LogP contribution in [0.2, 0.25) is 5.02 Å². The zero-order valence-corrected chi connectivity index (χ0v) is 11.9. The molecule has 0 atom stereocenters. The van der Waals surface area contributed by atoms with Gasteiger partial charge in [-0.2, -0.15) is 0 Å². The summed E-state index contributed by atoms with van der Waals surface area (Å²) in [5, 5.41) is 4.07. The molecule has 20 heavy (non-hydrogen) atoms. The summed E-state index contributed by atoms with van der Waals surface area (Å²) in [6, 6.07) is 15.2. The average molecular weight is 289 g/mol. The van der Waals surface area contributed by atoms with E-state index in [9.17, 15) is 4.79 Å². The Hall–Kier alpha value is -1.84. The fourth-order valence-electron chi connectivity index (χ4n) is 2.02. The highest BCUT2D eigenvalue weighted by Gasteiger charge is 2.06. The van der Waals surface area contributed by atoms with Gasteiger partial charge in [-0.05, 0) is 42.3 Å². The molecule has 2 rings (SSSR count). The molecule has 0 aliphatic carbocycles. The summed E-state index contributed by atoms with van der Waals surface area (Å²) >= 11 is 5.84. The van der Waals surface area contributed by atoms with Crippen molar-refractivity contribution in [2.45, 2.75) is 13.0 Å². The molecule has 0 saturated carbocycles. The number of halogens is 1. The van der Waals surface area contributed by atoms with Crippen molar-refractivity contribution in [2.24, 2.45) is 5.73 Å². The molecule has 3 N–H and O–H groups in total. The van der Waals surface area contributed by atoms with E-state index < -0.39 is 0 Å². The number of nitrogens with one attached hydrogen (secondary N) is 1. The van der Waals surface area contributed by atoms with E-state index in [1.54, 1.807) is 6.07 Å². The molecule has 2 aromatic rings. The fourth-order valence-corrected chi connectivity index (χ4v) is 2.15. The van der Waals surface area contributed by atoms with E-state index in [-0.39, 0.29) is 5.91 Å². The number of nitrogens with two attached hydrogens (primary N) is 1. The monoisotopic (exact) mass is 288 g/mol. The standard InChI is InChI=1S/C16H17ClN2O/c17-14-7-5-12(6-8-14)9-10-19-11-13-3-1-2-4-15(13)16(18)20/h1-8,19H,9-11H2,(H2,18,20). The third kappa shape index (κ3) is 4.08. The molecule has 3 nitrogen and oxygen atoms in total. The molecule has 0 spiro atoms. The van der Waals surface area contributed by atoms with E-state index in [0.29, 0.717) is 12.1 Å². The Balaban J connectivity index is 1.84. The molecule has 0 aliphatic heterocycles. The van der Waals surface area contributed by atoms with E-state index in [0.717, 1.165) is 23.6 Å². The van der Waals surface area contributed by atoms with Crippen LogP contribution in [0.15, 0.2) is 48.5 Å². The number of hydrogen-bond acceptors (Lipinski definition) is 2. The van der Waals surface area contributed by atoms with Crippen LogP contribution in [0.4, 0.5) is 0 Å². The maximum absolute atomic E-state index is 11.3. The third-order valence-corrected chi connectivity index (χ3v) is 3.35. The van der Waals surface area contributed by atoms with Crippen molar-refractivity contribution in [3.63, 3.8) is 0 Å². The Morgan fingerprint density at radius 3 is 2.50 bits per heavy atom. The lowest BCUT2D eigenvalue weighted by molar-refractivity contribution is 0.0999. The minimum absolute atomic E-state index is 0.389. The average Bonchev–Trinajstić information content (AvgIpc) is 2.46. The first-order chi connectivity index (χ1) is 9.66. The van der Waals surface area contributed by atoms with Crippen LogP contribution in [0.3, 0.4) is 0 Å². The van der Waals surface area contributed by atoms with Gasteiger partial charge in [-0.3, -0.25) is 4.79 Å². The Labute approximate surface area is 123 Å². The van der Waals surface area contributed by atoms with Crippen molar-refractivity contribution in [1.29, 1.82) is 0 Å². The highest BCUT2D eigenvalue weighted by molar-refractivity contribution is 6.30. The lowest BCUT2D eigenvalue weighted by atomic mass is 10.1. The van der Waals surface area contributed by atoms with E-state index in [4.69, 9.17) is 17.3 Å². The molecule has 0 aromatic heterocycles. The van der Waals surface area contributed by atoms with E-state index in [1.807, 2.05) is 42.5 Å². The fraction of sp³-hybridized carbons (Fsp3) is 0.188. The zero-order valence-electron chi connectivity index (χ0n) is 11.1. The van der Waals surface area contributed by atoms with Gasteiger partial charge in [-0.15, -0.1) is 0 Å². The second-order valence-corrected chi connectivity index (χ2v) is 5.01. The number of benzene rings is 2. The highest BCUT2D eigenvalue weighted by atomic mass is 35.5. The van der Waals surface area contributed by atoms with Crippen LogP contribution in [-0.4, -0.2) is 12.5 Å². The maximum Gasteiger partial charge on any atom is 0.249 e. The van der Waals surface area contributed by atoms with E-state index in [2.05, 4.69) is 5.32 Å². The molecule has 0 fully saturated rings. The van der Waals surface area contributed by atoms with Crippen molar-refractivity contribution >= 4 is 17.5 Å². The van der Waals surface area contributed by atoms with Crippen LogP contribution in [0.1, 0.15) is 21.5 Å². The summed E-state index contributed by atoms with van der Waals surface area (Å²) in [6.07, 6.45) is 0.913. The van der Waals surface area contributed by atoms with Crippen molar-refractivity contribution < 1.29 is 4.79 Å². The molecule has 2 aromatic carbocycles. The Morgan fingerprint density at radius 1 is 1.10 bits per heavy atom. The SMILES string of the molecule is NC(=O)c1ccccc1CNCCc1ccc(Cl)cc1. The smallest absolute Gasteiger partial charge is 0.249 e. The predicted molar refractivity (Wildman–Crippen MR) is 81.8 cm³/mol. The summed E-state index contributed by atoms with van der Waals surface area (Å²) in [5.74, 6) is -0.389. The molecule has 4 heteroatoms. The number of primary amides is 1. The van der Waals surface area contributed by atoms with Crippen molar-refractivity contribution in [2.75, 3.05) is 6.54 Å². The van der Waals surface area contributed by atoms with Crippen LogP contribution in [0.25, 0.3) is 0 Å². The molecular weight excluding hydrogens is 272 g/mol. The number of carbonyl (C=O) groups excluding carboxylic acids is 1. The minimum atomic E-state index is -0.389. The Morgan fingerprint density at radius 2 is 1.80 bits per heavy atom. The minimum Gasteiger partial charge on any atom is -0.366 e. The van der Waals surface area contributed by atoms with Crippen LogP contribution in [0.5, 0.6) is 0 Å². The Bertz CT molecular complexity index is 581. The molecule has 0 bridgehead atoms. The number of rotatable bonds is 6. The third-order valence-electron chi connectivity index (χ3n) is 3.10. The maximum atomic E-state index is 11.3. The number of amides is 1. The molecule has 0 heterocycles. The van der Waals surface area contributed by atoms with Gasteiger partial charge in [-0.1, -0.05) is 41.9 Å². The van der Waals surface area contributed by atoms with Gasteiger partial charge in [0.2, 0.25) is 5.91 Å². The van der Waals surface area contributed by atoms with Gasteiger partial charge in [0.25, 0.3) is 0 Å². The van der Waals surface area contributed by atoms with E-state index >= 15 is 0 Å². The van der Waals surface area contributed by atoms with Crippen LogP contribution < -0.4 is 11.1 Å². The lowest BCUT2D eigenvalue weighted by Gasteiger charge is -2.08. The number of hydrogen-bond donors (Lipinski definition) is 2. The summed E-state index contributed by atoms with van der Waals surface area (Å²) in [4.78, 5) is 11.3. The molecule has 104 valence electrons. The van der Waals surface area contributed by atoms with Crippen molar-refractivity contribution in [3.8, 4) is 0 Å². The highest BCUT2D eigenvalue weighted by Crippen LogP contribution is 2.10. The number of carbonyl (C=O) groups is 1. The van der Waals surface area contributed by atoms with Gasteiger partial charge in [0.1, 0.15) is 0 Å². The predicted octanol–water partition coefficient (Wildman–Crippen LogP) is 2.77. The molecule has 0 radical (unpaired) electrons. The lowest BCUT2D eigenvalue weighted by Crippen LogP contribution is -2.20. The van der Waals surface area contributed by atoms with Gasteiger partial charge in [-0.25, -0.2) is 0 Å². The van der Waals surface area contributed by atoms with Crippen molar-refractivity contribution in [3.05, 3.63) is 70.2 Å². The molecule has 0 saturated heterocycles. The van der Waals surface area contributed by atoms with Gasteiger partial charge < -0.3 is 11.1 Å². The van der Waals surface area contributed by atoms with Gasteiger partial charge in [0.05, 0.1) is 0 Å². The largest absolute Gasteiger partial charge is 0.366 e. The van der Waals surface area contributed by atoms with Crippen molar-refractivity contribution in [1.82, 2.24) is 5.32 Å². The second kappa shape index (κ2) is 7.08. The van der Waals surface area contributed by atoms with E-state index in [1.165, 1.54) is 5.56 Å². The van der Waals surface area contributed by atoms with Gasteiger partial charge in [0, 0.05) is 17.1 Å². The van der Waals surface area contributed by atoms with Crippen LogP contribution >= 0.6 is 11.6 Å². The van der Waals surface area contributed by atoms with Gasteiger partial charge in [0.15, 0.2) is 0 Å². The topological polar surface area (TPSA) is 55.1 Å². The first kappa shape index (κ1) is 14.6. The summed E-state index contributed by atoms with van der Waals surface area (Å²) in [6.45, 7) is 1.46. The zero-order chi connectivity index (χ0) is 14.4. The second-order valence-electron chi connectivity index (χ2n) is 4.57. The Kier molecular flexibility index (Phi) is 5.16. The quantitative estimate of drug-likeness (QED) is 0.803. The van der Waals surface area contributed by atoms with Gasteiger partial charge >= 0.3 is 0 Å². The molecule has 1 amide bonds. The summed E-state index contributed by atoms with van der Waals surface area (Å²) in [7, 11) is 0. The summed E-state index contributed by atoms with van der Waals surface area (Å²) in [5.41, 5.74) is 8.07. The summed E-state index contributed by atoms with van der Waals surface area (Å²) < 4.78 is 0. The first-order valence-corrected chi connectivity index (χ1v) is 6.87. The molecular formula is C16H17ClN2O. The first-order valence-electron chi connectivity index (χ1n) is 6.49. The van der Waals surface area contributed by atoms with Crippen LogP contribution in [0, 0.1) is 0 Å². The van der Waals surface area contributed by atoms with Crippen LogP contribution in [-0.2, 0) is 13.0 Å². The normalized spacial score (nSPS) is 10.4. The molecule has 0 unspecified atom stereocenters.